The van der Waals surface area contributed by atoms with Crippen molar-refractivity contribution in [2.75, 3.05) is 26.7 Å². The SMILES string of the molecule is CN(C(=O)[C@@H]1CCCN(C(=O)CCOc2ccccc2)C1)C1CC(O)C1. The monoisotopic (exact) mass is 360 g/mol. The van der Waals surface area contributed by atoms with E-state index in [0.717, 1.165) is 18.6 Å². The molecule has 6 nitrogen and oxygen atoms in total. The molecule has 0 bridgehead atoms. The van der Waals surface area contributed by atoms with Gasteiger partial charge in [-0.3, -0.25) is 9.59 Å². The molecular formula is C20H28N2O4. The number of hydrogen-bond donors (Lipinski definition) is 1. The number of nitrogens with zero attached hydrogens (tertiary/aromatic N) is 2. The van der Waals surface area contributed by atoms with E-state index in [-0.39, 0.29) is 29.9 Å². The van der Waals surface area contributed by atoms with E-state index >= 15 is 0 Å². The van der Waals surface area contributed by atoms with Gasteiger partial charge in [-0.1, -0.05) is 18.2 Å². The van der Waals surface area contributed by atoms with Crippen LogP contribution in [0.4, 0.5) is 0 Å². The van der Waals surface area contributed by atoms with Crippen molar-refractivity contribution in [3.63, 3.8) is 0 Å². The maximum absolute atomic E-state index is 12.7. The van der Waals surface area contributed by atoms with Gasteiger partial charge < -0.3 is 19.6 Å². The Kier molecular flexibility index (Phi) is 6.14. The zero-order valence-corrected chi connectivity index (χ0v) is 15.3. The van der Waals surface area contributed by atoms with E-state index in [0.29, 0.717) is 39.0 Å². The number of benzene rings is 1. The topological polar surface area (TPSA) is 70.1 Å². The van der Waals surface area contributed by atoms with Gasteiger partial charge in [0.15, 0.2) is 0 Å². The molecule has 1 aromatic rings. The van der Waals surface area contributed by atoms with Crippen molar-refractivity contribution in [2.45, 2.75) is 44.2 Å². The molecule has 0 radical (unpaired) electrons. The summed E-state index contributed by atoms with van der Waals surface area (Å²) >= 11 is 0. The summed E-state index contributed by atoms with van der Waals surface area (Å²) in [5.41, 5.74) is 0. The molecule has 1 aliphatic carbocycles. The molecular weight excluding hydrogens is 332 g/mol. The van der Waals surface area contributed by atoms with Crippen LogP contribution in [0.15, 0.2) is 30.3 Å². The smallest absolute Gasteiger partial charge is 0.227 e. The van der Waals surface area contributed by atoms with Gasteiger partial charge >= 0.3 is 0 Å². The molecule has 2 aliphatic rings. The first-order chi connectivity index (χ1) is 12.5. The van der Waals surface area contributed by atoms with Crippen LogP contribution in [-0.2, 0) is 9.59 Å². The van der Waals surface area contributed by atoms with Crippen molar-refractivity contribution in [3.8, 4) is 5.75 Å². The second kappa shape index (κ2) is 8.54. The summed E-state index contributed by atoms with van der Waals surface area (Å²) in [6.07, 6.45) is 3.04. The van der Waals surface area contributed by atoms with Gasteiger partial charge in [-0.2, -0.15) is 0 Å². The first-order valence-corrected chi connectivity index (χ1v) is 9.45. The predicted molar refractivity (Wildman–Crippen MR) is 97.7 cm³/mol. The number of piperidine rings is 1. The summed E-state index contributed by atoms with van der Waals surface area (Å²) in [5, 5.41) is 9.44. The van der Waals surface area contributed by atoms with Crippen LogP contribution >= 0.6 is 0 Å². The Bertz CT molecular complexity index is 615. The van der Waals surface area contributed by atoms with Gasteiger partial charge in [-0.05, 0) is 37.8 Å². The van der Waals surface area contributed by atoms with Crippen LogP contribution in [0, 0.1) is 5.92 Å². The number of ether oxygens (including phenoxy) is 1. The second-order valence-electron chi connectivity index (χ2n) is 7.32. The number of para-hydroxylation sites is 1. The van der Waals surface area contributed by atoms with Gasteiger partial charge in [0.05, 0.1) is 25.0 Å². The number of rotatable bonds is 6. The lowest BCUT2D eigenvalue weighted by Gasteiger charge is -2.41. The summed E-state index contributed by atoms with van der Waals surface area (Å²) in [5.74, 6) is 0.766. The quantitative estimate of drug-likeness (QED) is 0.838. The van der Waals surface area contributed by atoms with E-state index < -0.39 is 0 Å². The third-order valence-electron chi connectivity index (χ3n) is 5.43. The molecule has 1 saturated carbocycles. The fraction of sp³-hybridized carbons (Fsp3) is 0.600. The number of likely N-dealkylation sites (tertiary alicyclic amines) is 1. The second-order valence-corrected chi connectivity index (χ2v) is 7.32. The normalized spacial score (nSPS) is 25.3. The minimum absolute atomic E-state index is 0.0418. The van der Waals surface area contributed by atoms with Crippen LogP contribution in [0.1, 0.15) is 32.1 Å². The van der Waals surface area contributed by atoms with Gasteiger partial charge in [0.1, 0.15) is 5.75 Å². The van der Waals surface area contributed by atoms with E-state index in [9.17, 15) is 14.7 Å². The predicted octanol–water partition coefficient (Wildman–Crippen LogP) is 1.68. The summed E-state index contributed by atoms with van der Waals surface area (Å²) < 4.78 is 5.60. The van der Waals surface area contributed by atoms with E-state index in [2.05, 4.69) is 0 Å². The van der Waals surface area contributed by atoms with Gasteiger partial charge in [0, 0.05) is 26.2 Å². The third kappa shape index (κ3) is 4.55. The summed E-state index contributed by atoms with van der Waals surface area (Å²) in [7, 11) is 1.81. The van der Waals surface area contributed by atoms with Crippen LogP contribution in [0.5, 0.6) is 5.75 Å². The molecule has 142 valence electrons. The fourth-order valence-corrected chi connectivity index (χ4v) is 3.68. The van der Waals surface area contributed by atoms with Gasteiger partial charge in [0.25, 0.3) is 0 Å². The van der Waals surface area contributed by atoms with Gasteiger partial charge in [-0.15, -0.1) is 0 Å². The molecule has 1 N–H and O–H groups in total. The Balaban J connectivity index is 1.45. The molecule has 1 atom stereocenters. The van der Waals surface area contributed by atoms with Crippen molar-refractivity contribution in [2.24, 2.45) is 5.92 Å². The first kappa shape index (κ1) is 18.7. The van der Waals surface area contributed by atoms with Crippen molar-refractivity contribution >= 4 is 11.8 Å². The number of aliphatic hydroxyl groups excluding tert-OH is 1. The van der Waals surface area contributed by atoms with Crippen LogP contribution in [-0.4, -0.2) is 65.6 Å². The molecule has 2 fully saturated rings. The number of aliphatic hydroxyl groups is 1. The Morgan fingerprint density at radius 2 is 2.00 bits per heavy atom. The molecule has 3 rings (SSSR count). The highest BCUT2D eigenvalue weighted by Crippen LogP contribution is 2.27. The highest BCUT2D eigenvalue weighted by molar-refractivity contribution is 5.81. The lowest BCUT2D eigenvalue weighted by atomic mass is 9.87. The molecule has 1 heterocycles. The third-order valence-corrected chi connectivity index (χ3v) is 5.43. The van der Waals surface area contributed by atoms with Crippen LogP contribution in [0.2, 0.25) is 0 Å². The Morgan fingerprint density at radius 1 is 1.27 bits per heavy atom. The maximum Gasteiger partial charge on any atom is 0.227 e. The fourth-order valence-electron chi connectivity index (χ4n) is 3.68. The summed E-state index contributed by atoms with van der Waals surface area (Å²) in [4.78, 5) is 28.7. The highest BCUT2D eigenvalue weighted by atomic mass is 16.5. The minimum atomic E-state index is -0.274. The largest absolute Gasteiger partial charge is 0.493 e. The molecule has 1 aromatic carbocycles. The lowest BCUT2D eigenvalue weighted by molar-refractivity contribution is -0.144. The molecule has 1 aliphatic heterocycles. The van der Waals surface area contributed by atoms with Crippen molar-refractivity contribution in [1.29, 1.82) is 0 Å². The van der Waals surface area contributed by atoms with E-state index in [1.54, 1.807) is 9.80 Å². The van der Waals surface area contributed by atoms with Crippen molar-refractivity contribution < 1.29 is 19.4 Å². The van der Waals surface area contributed by atoms with Crippen LogP contribution < -0.4 is 4.74 Å². The molecule has 6 heteroatoms. The van der Waals surface area contributed by atoms with E-state index in [4.69, 9.17) is 4.74 Å². The number of carbonyl (C=O) groups excluding carboxylic acids is 2. The number of amides is 2. The average molecular weight is 360 g/mol. The first-order valence-electron chi connectivity index (χ1n) is 9.45. The molecule has 2 amide bonds. The standard InChI is InChI=1S/C20H28N2O4/c1-21(16-12-17(23)13-16)20(25)15-6-5-10-22(14-15)19(24)9-11-26-18-7-3-2-4-8-18/h2-4,7-8,15-17,23H,5-6,9-14H2,1H3/t15-,16?,17?/m1/s1. The van der Waals surface area contributed by atoms with Crippen LogP contribution in [0.25, 0.3) is 0 Å². The summed E-state index contributed by atoms with van der Waals surface area (Å²) in [6, 6.07) is 9.60. The zero-order chi connectivity index (χ0) is 18.5. The number of hydrogen-bond acceptors (Lipinski definition) is 4. The molecule has 1 saturated heterocycles. The zero-order valence-electron chi connectivity index (χ0n) is 15.3. The minimum Gasteiger partial charge on any atom is -0.493 e. The lowest BCUT2D eigenvalue weighted by Crippen LogP contribution is -2.52. The summed E-state index contributed by atoms with van der Waals surface area (Å²) in [6.45, 7) is 1.54. The van der Waals surface area contributed by atoms with Gasteiger partial charge in [-0.25, -0.2) is 0 Å². The molecule has 0 unspecified atom stereocenters. The highest BCUT2D eigenvalue weighted by Gasteiger charge is 2.37. The molecule has 0 spiro atoms. The van der Waals surface area contributed by atoms with Crippen molar-refractivity contribution in [3.05, 3.63) is 30.3 Å². The van der Waals surface area contributed by atoms with Crippen molar-refractivity contribution in [1.82, 2.24) is 9.80 Å². The average Bonchev–Trinajstić information content (AvgIpc) is 2.65. The molecule has 0 aromatic heterocycles. The Labute approximate surface area is 154 Å². The van der Waals surface area contributed by atoms with E-state index in [1.165, 1.54) is 0 Å². The van der Waals surface area contributed by atoms with Crippen LogP contribution in [0.3, 0.4) is 0 Å². The molecule has 26 heavy (non-hydrogen) atoms. The number of carbonyl (C=O) groups is 2. The Hall–Kier alpha value is -2.08. The Morgan fingerprint density at radius 3 is 2.69 bits per heavy atom. The van der Waals surface area contributed by atoms with Gasteiger partial charge in [0.2, 0.25) is 11.8 Å². The maximum atomic E-state index is 12.7. The van der Waals surface area contributed by atoms with E-state index in [1.807, 2.05) is 37.4 Å².